The Morgan fingerprint density at radius 3 is 2.70 bits per heavy atom. The second kappa shape index (κ2) is 7.35. The summed E-state index contributed by atoms with van der Waals surface area (Å²) in [4.78, 5) is 16.4. The summed E-state index contributed by atoms with van der Waals surface area (Å²) in [6.45, 7) is 9.56. The van der Waals surface area contributed by atoms with Crippen LogP contribution in [0.4, 0.5) is 0 Å². The third kappa shape index (κ3) is 4.01. The molecule has 0 spiro atoms. The molecule has 0 aliphatic carbocycles. The van der Waals surface area contributed by atoms with Gasteiger partial charge in [-0.25, -0.2) is 4.63 Å². The van der Waals surface area contributed by atoms with E-state index in [-0.39, 0.29) is 12.3 Å². The van der Waals surface area contributed by atoms with Gasteiger partial charge in [0.25, 0.3) is 0 Å². The first-order valence-electron chi connectivity index (χ1n) is 7.06. The summed E-state index contributed by atoms with van der Waals surface area (Å²) in [6.07, 6.45) is 0.256. The summed E-state index contributed by atoms with van der Waals surface area (Å²) in [7, 11) is 0. The van der Waals surface area contributed by atoms with E-state index in [2.05, 4.69) is 19.8 Å². The second-order valence-corrected chi connectivity index (χ2v) is 4.90. The highest BCUT2D eigenvalue weighted by Crippen LogP contribution is 2.05. The number of ether oxygens (including phenoxy) is 1. The highest BCUT2D eigenvalue weighted by molar-refractivity contribution is 5.78. The van der Waals surface area contributed by atoms with Gasteiger partial charge in [0, 0.05) is 32.7 Å². The molecule has 20 heavy (non-hydrogen) atoms. The number of aromatic nitrogens is 2. The van der Waals surface area contributed by atoms with Crippen molar-refractivity contribution in [1.29, 1.82) is 0 Å². The van der Waals surface area contributed by atoms with E-state index in [0.717, 1.165) is 39.4 Å². The standard InChI is InChI=1S/C13H22N4O3/c1-3-17(5-4-16-6-8-19-9-7-16)13(18)10-12-11(2)14-20-15-12/h3-10H2,1-2H3. The zero-order chi connectivity index (χ0) is 14.4. The Labute approximate surface area is 118 Å². The zero-order valence-electron chi connectivity index (χ0n) is 12.2. The first kappa shape index (κ1) is 14.9. The highest BCUT2D eigenvalue weighted by Gasteiger charge is 2.18. The second-order valence-electron chi connectivity index (χ2n) is 4.90. The van der Waals surface area contributed by atoms with Gasteiger partial charge in [0.1, 0.15) is 11.4 Å². The van der Waals surface area contributed by atoms with Gasteiger partial charge in [-0.3, -0.25) is 9.69 Å². The van der Waals surface area contributed by atoms with Crippen LogP contribution in [0.3, 0.4) is 0 Å². The normalized spacial score (nSPS) is 16.3. The molecule has 2 heterocycles. The zero-order valence-corrected chi connectivity index (χ0v) is 12.2. The maximum atomic E-state index is 12.2. The lowest BCUT2D eigenvalue weighted by molar-refractivity contribution is -0.130. The molecule has 7 nitrogen and oxygen atoms in total. The average molecular weight is 282 g/mol. The Morgan fingerprint density at radius 2 is 2.10 bits per heavy atom. The summed E-state index contributed by atoms with van der Waals surface area (Å²) in [5.74, 6) is 0.0690. The number of amides is 1. The lowest BCUT2D eigenvalue weighted by atomic mass is 10.2. The Morgan fingerprint density at radius 1 is 1.35 bits per heavy atom. The van der Waals surface area contributed by atoms with Crippen LogP contribution in [-0.2, 0) is 16.0 Å². The van der Waals surface area contributed by atoms with Crippen molar-refractivity contribution in [2.24, 2.45) is 0 Å². The molecule has 0 N–H and O–H groups in total. The number of aryl methyl sites for hydroxylation is 1. The van der Waals surface area contributed by atoms with E-state index in [0.29, 0.717) is 17.9 Å². The number of carbonyl (C=O) groups is 1. The lowest BCUT2D eigenvalue weighted by Crippen LogP contribution is -2.43. The van der Waals surface area contributed by atoms with Gasteiger partial charge in [-0.15, -0.1) is 0 Å². The van der Waals surface area contributed by atoms with E-state index < -0.39 is 0 Å². The Hall–Kier alpha value is -1.47. The third-order valence-electron chi connectivity index (χ3n) is 3.59. The summed E-state index contributed by atoms with van der Waals surface area (Å²) in [5.41, 5.74) is 1.31. The number of morpholine rings is 1. The quantitative estimate of drug-likeness (QED) is 0.737. The molecule has 0 atom stereocenters. The van der Waals surface area contributed by atoms with Gasteiger partial charge in [0.15, 0.2) is 0 Å². The molecule has 112 valence electrons. The van der Waals surface area contributed by atoms with Crippen LogP contribution in [0.25, 0.3) is 0 Å². The van der Waals surface area contributed by atoms with E-state index in [9.17, 15) is 4.79 Å². The summed E-state index contributed by atoms with van der Waals surface area (Å²) >= 11 is 0. The molecule has 1 fully saturated rings. The predicted molar refractivity (Wildman–Crippen MR) is 72.3 cm³/mol. The molecule has 0 saturated carbocycles. The molecule has 7 heteroatoms. The Bertz CT molecular complexity index is 429. The van der Waals surface area contributed by atoms with Crippen molar-refractivity contribution in [1.82, 2.24) is 20.1 Å². The molecule has 1 aliphatic rings. The largest absolute Gasteiger partial charge is 0.379 e. The van der Waals surface area contributed by atoms with Crippen molar-refractivity contribution < 1.29 is 14.2 Å². The Balaban J connectivity index is 1.81. The van der Waals surface area contributed by atoms with Crippen LogP contribution in [0.1, 0.15) is 18.3 Å². The summed E-state index contributed by atoms with van der Waals surface area (Å²) in [5, 5.41) is 7.46. The van der Waals surface area contributed by atoms with Gasteiger partial charge in [0.2, 0.25) is 5.91 Å². The van der Waals surface area contributed by atoms with E-state index in [4.69, 9.17) is 4.74 Å². The van der Waals surface area contributed by atoms with Crippen LogP contribution in [0.2, 0.25) is 0 Å². The molecule has 1 aromatic heterocycles. The van der Waals surface area contributed by atoms with E-state index in [1.54, 1.807) is 6.92 Å². The fourth-order valence-electron chi connectivity index (χ4n) is 2.21. The number of carbonyl (C=O) groups excluding carboxylic acids is 1. The van der Waals surface area contributed by atoms with Crippen LogP contribution < -0.4 is 0 Å². The molecule has 1 aromatic rings. The minimum absolute atomic E-state index is 0.0690. The van der Waals surface area contributed by atoms with Crippen LogP contribution >= 0.6 is 0 Å². The molecule has 0 bridgehead atoms. The summed E-state index contributed by atoms with van der Waals surface area (Å²) in [6, 6.07) is 0. The van der Waals surface area contributed by atoms with Crippen molar-refractivity contribution in [2.75, 3.05) is 45.9 Å². The SMILES string of the molecule is CCN(CCN1CCOCC1)C(=O)Cc1nonc1C. The third-order valence-corrected chi connectivity index (χ3v) is 3.59. The first-order chi connectivity index (χ1) is 9.70. The van der Waals surface area contributed by atoms with Gasteiger partial charge >= 0.3 is 0 Å². The van der Waals surface area contributed by atoms with Crippen molar-refractivity contribution in [3.8, 4) is 0 Å². The number of likely N-dealkylation sites (N-methyl/N-ethyl adjacent to an activating group) is 1. The predicted octanol–water partition coefficient (Wildman–Crippen LogP) is 0.101. The number of hydrogen-bond acceptors (Lipinski definition) is 6. The monoisotopic (exact) mass is 282 g/mol. The lowest BCUT2D eigenvalue weighted by Gasteiger charge is -2.29. The van der Waals surface area contributed by atoms with Crippen LogP contribution in [0, 0.1) is 6.92 Å². The topological polar surface area (TPSA) is 71.7 Å². The van der Waals surface area contributed by atoms with Gasteiger partial charge in [-0.1, -0.05) is 10.3 Å². The number of nitrogens with zero attached hydrogens (tertiary/aromatic N) is 4. The molecule has 0 aromatic carbocycles. The van der Waals surface area contributed by atoms with Crippen LogP contribution in [-0.4, -0.2) is 72.0 Å². The number of rotatable bonds is 6. The van der Waals surface area contributed by atoms with E-state index >= 15 is 0 Å². The molecule has 1 aliphatic heterocycles. The van der Waals surface area contributed by atoms with Crippen LogP contribution in [0.15, 0.2) is 4.63 Å². The molecular formula is C13H22N4O3. The van der Waals surface area contributed by atoms with E-state index in [1.807, 2.05) is 11.8 Å². The molecular weight excluding hydrogens is 260 g/mol. The molecule has 2 rings (SSSR count). The fourth-order valence-corrected chi connectivity index (χ4v) is 2.21. The average Bonchev–Trinajstić information content (AvgIpc) is 2.86. The minimum atomic E-state index is 0.0690. The van der Waals surface area contributed by atoms with Crippen molar-refractivity contribution in [2.45, 2.75) is 20.3 Å². The number of hydrogen-bond donors (Lipinski definition) is 0. The first-order valence-corrected chi connectivity index (χ1v) is 7.06. The van der Waals surface area contributed by atoms with Crippen molar-refractivity contribution in [3.63, 3.8) is 0 Å². The van der Waals surface area contributed by atoms with Crippen LogP contribution in [0.5, 0.6) is 0 Å². The minimum Gasteiger partial charge on any atom is -0.379 e. The maximum absolute atomic E-state index is 12.2. The Kier molecular flexibility index (Phi) is 5.49. The summed E-state index contributed by atoms with van der Waals surface area (Å²) < 4.78 is 9.94. The van der Waals surface area contributed by atoms with Gasteiger partial charge in [-0.2, -0.15) is 0 Å². The van der Waals surface area contributed by atoms with Gasteiger partial charge in [-0.05, 0) is 13.8 Å². The molecule has 0 unspecified atom stereocenters. The van der Waals surface area contributed by atoms with Gasteiger partial charge < -0.3 is 9.64 Å². The fraction of sp³-hybridized carbons (Fsp3) is 0.769. The van der Waals surface area contributed by atoms with Crippen molar-refractivity contribution in [3.05, 3.63) is 11.4 Å². The molecule has 1 saturated heterocycles. The molecule has 0 radical (unpaired) electrons. The van der Waals surface area contributed by atoms with Crippen molar-refractivity contribution >= 4 is 5.91 Å². The molecule has 1 amide bonds. The highest BCUT2D eigenvalue weighted by atomic mass is 16.6. The maximum Gasteiger partial charge on any atom is 0.228 e. The van der Waals surface area contributed by atoms with E-state index in [1.165, 1.54) is 0 Å². The smallest absolute Gasteiger partial charge is 0.228 e. The van der Waals surface area contributed by atoms with Gasteiger partial charge in [0.05, 0.1) is 19.6 Å².